The summed E-state index contributed by atoms with van der Waals surface area (Å²) >= 11 is 0. The first kappa shape index (κ1) is 50.1. The second-order valence-corrected chi connectivity index (χ2v) is 18.8. The fraction of sp³-hybridized carbons (Fsp3) is 1.00. The van der Waals surface area contributed by atoms with Crippen molar-refractivity contribution in [2.24, 2.45) is 0 Å². The molecule has 0 aromatic carbocycles. The SMILES string of the molecule is CCCCCCCCCCCCCCCCCCCCCCCCCCCCCCCCCCCCCCCCP(=O)(OC(C)C)OC(C)C. The van der Waals surface area contributed by atoms with Crippen LogP contribution in [0.4, 0.5) is 0 Å². The van der Waals surface area contributed by atoms with E-state index in [-0.39, 0.29) is 12.2 Å². The Bertz CT molecular complexity index is 664. The highest BCUT2D eigenvalue weighted by Crippen LogP contribution is 2.51. The van der Waals surface area contributed by atoms with Gasteiger partial charge in [-0.1, -0.05) is 244 Å². The average molecular weight is 727 g/mol. The molecule has 0 bridgehead atoms. The Hall–Kier alpha value is 0.150. The van der Waals surface area contributed by atoms with E-state index in [1.165, 1.54) is 231 Å². The minimum atomic E-state index is -2.94. The van der Waals surface area contributed by atoms with Crippen LogP contribution >= 0.6 is 7.60 Å². The van der Waals surface area contributed by atoms with Crippen LogP contribution in [-0.4, -0.2) is 18.4 Å². The predicted molar refractivity (Wildman–Crippen MR) is 226 cm³/mol. The van der Waals surface area contributed by atoms with Crippen LogP contribution in [0.15, 0.2) is 0 Å². The highest BCUT2D eigenvalue weighted by molar-refractivity contribution is 7.53. The Labute approximate surface area is 317 Å². The molecule has 0 aromatic heterocycles. The predicted octanol–water partition coefficient (Wildman–Crippen LogP) is 17.9. The Morgan fingerprint density at radius 1 is 0.300 bits per heavy atom. The summed E-state index contributed by atoms with van der Waals surface area (Å²) in [6, 6.07) is 0. The van der Waals surface area contributed by atoms with E-state index in [4.69, 9.17) is 9.05 Å². The minimum absolute atomic E-state index is 0.0534. The van der Waals surface area contributed by atoms with E-state index in [0.29, 0.717) is 6.16 Å². The van der Waals surface area contributed by atoms with Crippen LogP contribution in [-0.2, 0) is 13.6 Å². The summed E-state index contributed by atoms with van der Waals surface area (Å²) in [5.74, 6) is 0. The van der Waals surface area contributed by atoms with Crippen molar-refractivity contribution in [3.63, 3.8) is 0 Å². The lowest BCUT2D eigenvalue weighted by Crippen LogP contribution is -2.10. The molecule has 0 atom stereocenters. The lowest BCUT2D eigenvalue weighted by atomic mass is 10.0. The zero-order valence-electron chi connectivity index (χ0n) is 35.4. The van der Waals surface area contributed by atoms with Crippen LogP contribution in [0.3, 0.4) is 0 Å². The summed E-state index contributed by atoms with van der Waals surface area (Å²) in [4.78, 5) is 0. The van der Waals surface area contributed by atoms with E-state index in [0.717, 1.165) is 12.8 Å². The van der Waals surface area contributed by atoms with Crippen molar-refractivity contribution in [3.05, 3.63) is 0 Å². The quantitative estimate of drug-likeness (QED) is 0.0463. The van der Waals surface area contributed by atoms with Gasteiger partial charge in [0, 0.05) is 0 Å². The highest BCUT2D eigenvalue weighted by Gasteiger charge is 2.26. The van der Waals surface area contributed by atoms with E-state index >= 15 is 0 Å². The third-order valence-electron chi connectivity index (χ3n) is 10.5. The second-order valence-electron chi connectivity index (χ2n) is 16.7. The molecule has 0 aliphatic rings. The number of hydrogen-bond acceptors (Lipinski definition) is 3. The molecule has 0 amide bonds. The second kappa shape index (κ2) is 40.3. The molecule has 0 aliphatic carbocycles. The van der Waals surface area contributed by atoms with Crippen molar-refractivity contribution in [1.29, 1.82) is 0 Å². The highest BCUT2D eigenvalue weighted by atomic mass is 31.2. The molecule has 0 heterocycles. The zero-order chi connectivity index (χ0) is 36.6. The normalized spacial score (nSPS) is 12.2. The molecule has 0 N–H and O–H groups in total. The molecule has 50 heavy (non-hydrogen) atoms. The van der Waals surface area contributed by atoms with E-state index in [1.54, 1.807) is 0 Å². The first-order valence-electron chi connectivity index (χ1n) is 23.4. The van der Waals surface area contributed by atoms with Crippen molar-refractivity contribution < 1.29 is 13.6 Å². The molecular weight excluding hydrogens is 631 g/mol. The lowest BCUT2D eigenvalue weighted by Gasteiger charge is -2.22. The maximum absolute atomic E-state index is 12.9. The van der Waals surface area contributed by atoms with E-state index in [9.17, 15) is 4.57 Å². The van der Waals surface area contributed by atoms with E-state index in [1.807, 2.05) is 27.7 Å². The van der Waals surface area contributed by atoms with E-state index in [2.05, 4.69) is 6.92 Å². The third kappa shape index (κ3) is 40.9. The summed E-state index contributed by atoms with van der Waals surface area (Å²) < 4.78 is 24.2. The van der Waals surface area contributed by atoms with Gasteiger partial charge in [-0.05, 0) is 34.1 Å². The monoisotopic (exact) mass is 727 g/mol. The van der Waals surface area contributed by atoms with Gasteiger partial charge < -0.3 is 9.05 Å². The van der Waals surface area contributed by atoms with Gasteiger partial charge >= 0.3 is 7.60 Å². The van der Waals surface area contributed by atoms with Gasteiger partial charge in [-0.25, -0.2) is 0 Å². The largest absolute Gasteiger partial charge is 0.331 e. The molecule has 0 rings (SSSR count). The van der Waals surface area contributed by atoms with E-state index < -0.39 is 7.60 Å². The van der Waals surface area contributed by atoms with Gasteiger partial charge in [0.2, 0.25) is 0 Å². The molecule has 4 heteroatoms. The molecule has 302 valence electrons. The Morgan fingerprint density at radius 2 is 0.460 bits per heavy atom. The van der Waals surface area contributed by atoms with Crippen molar-refractivity contribution in [2.75, 3.05) is 6.16 Å². The fourth-order valence-electron chi connectivity index (χ4n) is 7.52. The summed E-state index contributed by atoms with van der Waals surface area (Å²) in [6.07, 6.45) is 54.7. The number of unbranched alkanes of at least 4 members (excludes halogenated alkanes) is 37. The molecule has 0 saturated heterocycles. The fourth-order valence-corrected chi connectivity index (χ4v) is 9.67. The van der Waals surface area contributed by atoms with Crippen LogP contribution in [0.5, 0.6) is 0 Å². The standard InChI is InChI=1S/C46H95O3P/c1-6-7-8-9-10-11-12-13-14-15-16-17-18-19-20-21-22-23-24-25-26-27-28-29-30-31-32-33-34-35-36-37-38-39-40-41-42-43-44-50(47,48-45(2)3)49-46(4)5/h45-46H,6-44H2,1-5H3. The average Bonchev–Trinajstić information content (AvgIpc) is 3.07. The first-order chi connectivity index (χ1) is 24.4. The summed E-state index contributed by atoms with van der Waals surface area (Å²) in [7, 11) is -2.94. The van der Waals surface area contributed by atoms with Gasteiger partial charge in [-0.3, -0.25) is 4.57 Å². The van der Waals surface area contributed by atoms with Crippen LogP contribution in [0.2, 0.25) is 0 Å². The van der Waals surface area contributed by atoms with Gasteiger partial charge in [0.05, 0.1) is 18.4 Å². The van der Waals surface area contributed by atoms with Crippen LogP contribution < -0.4 is 0 Å². The molecule has 0 aromatic rings. The van der Waals surface area contributed by atoms with Crippen LogP contribution in [0.1, 0.15) is 279 Å². The Morgan fingerprint density at radius 3 is 0.620 bits per heavy atom. The third-order valence-corrected chi connectivity index (χ3v) is 12.9. The molecule has 0 radical (unpaired) electrons. The van der Waals surface area contributed by atoms with Gasteiger partial charge in [0.1, 0.15) is 0 Å². The number of rotatable bonds is 43. The van der Waals surface area contributed by atoms with Gasteiger partial charge in [-0.15, -0.1) is 0 Å². The van der Waals surface area contributed by atoms with Crippen molar-refractivity contribution >= 4 is 7.60 Å². The van der Waals surface area contributed by atoms with Crippen molar-refractivity contribution in [2.45, 2.75) is 291 Å². The van der Waals surface area contributed by atoms with Crippen LogP contribution in [0.25, 0.3) is 0 Å². The Kier molecular flexibility index (Phi) is 40.5. The molecular formula is C46H95O3P. The van der Waals surface area contributed by atoms with Crippen LogP contribution in [0, 0.1) is 0 Å². The van der Waals surface area contributed by atoms with Gasteiger partial charge in [0.25, 0.3) is 0 Å². The maximum atomic E-state index is 12.9. The molecule has 0 unspecified atom stereocenters. The maximum Gasteiger partial charge on any atom is 0.331 e. The topological polar surface area (TPSA) is 35.5 Å². The minimum Gasteiger partial charge on any atom is -0.306 e. The molecule has 0 aliphatic heterocycles. The zero-order valence-corrected chi connectivity index (χ0v) is 36.3. The summed E-state index contributed by atoms with van der Waals surface area (Å²) in [5.41, 5.74) is 0. The summed E-state index contributed by atoms with van der Waals surface area (Å²) in [5, 5.41) is 0. The van der Waals surface area contributed by atoms with Crippen molar-refractivity contribution in [3.8, 4) is 0 Å². The van der Waals surface area contributed by atoms with Gasteiger partial charge in [-0.2, -0.15) is 0 Å². The molecule has 0 fully saturated rings. The number of hydrogen-bond donors (Lipinski definition) is 0. The summed E-state index contributed by atoms with van der Waals surface area (Å²) in [6.45, 7) is 10.0. The lowest BCUT2D eigenvalue weighted by molar-refractivity contribution is 0.142. The smallest absolute Gasteiger partial charge is 0.306 e. The van der Waals surface area contributed by atoms with Crippen molar-refractivity contribution in [1.82, 2.24) is 0 Å². The van der Waals surface area contributed by atoms with Gasteiger partial charge in [0.15, 0.2) is 0 Å². The first-order valence-corrected chi connectivity index (χ1v) is 25.1. The Balaban J connectivity index is 3.19. The molecule has 3 nitrogen and oxygen atoms in total. The molecule has 0 saturated carbocycles. The molecule has 0 spiro atoms.